The van der Waals surface area contributed by atoms with Crippen LogP contribution in [-0.4, -0.2) is 34.8 Å². The normalized spacial score (nSPS) is 17.1. The van der Waals surface area contributed by atoms with Crippen molar-refractivity contribution in [3.05, 3.63) is 11.8 Å². The number of hydrogen-bond acceptors (Lipinski definition) is 3. The van der Waals surface area contributed by atoms with Crippen LogP contribution in [0.5, 0.6) is 0 Å². The zero-order valence-electron chi connectivity index (χ0n) is 8.25. The van der Waals surface area contributed by atoms with Crippen molar-refractivity contribution in [1.29, 1.82) is 0 Å². The lowest BCUT2D eigenvalue weighted by Gasteiger charge is -2.22. The lowest BCUT2D eigenvalue weighted by Crippen LogP contribution is -2.30. The first-order chi connectivity index (χ1) is 6.29. The molecule has 0 radical (unpaired) electrons. The Morgan fingerprint density at radius 1 is 1.54 bits per heavy atom. The van der Waals surface area contributed by atoms with Crippen LogP contribution in [0.1, 0.15) is 12.6 Å². The van der Waals surface area contributed by atoms with Crippen LogP contribution >= 0.6 is 0 Å². The maximum absolute atomic E-state index is 4.45. The standard InChI is InChI=1S/C9H16N4/c1-3-10-9-6-8-7-12(2)4-5-13(8)11-9/h6H,3-5,7H2,1-2H3,(H,10,11). The Balaban J connectivity index is 2.18. The van der Waals surface area contributed by atoms with E-state index >= 15 is 0 Å². The summed E-state index contributed by atoms with van der Waals surface area (Å²) < 4.78 is 2.10. The van der Waals surface area contributed by atoms with Crippen molar-refractivity contribution in [3.63, 3.8) is 0 Å². The van der Waals surface area contributed by atoms with E-state index in [1.807, 2.05) is 0 Å². The summed E-state index contributed by atoms with van der Waals surface area (Å²) >= 11 is 0. The fourth-order valence-electron chi connectivity index (χ4n) is 1.66. The van der Waals surface area contributed by atoms with Gasteiger partial charge in [-0.3, -0.25) is 9.58 Å². The molecule has 0 aliphatic carbocycles. The molecule has 0 fully saturated rings. The van der Waals surface area contributed by atoms with Gasteiger partial charge >= 0.3 is 0 Å². The fourth-order valence-corrected chi connectivity index (χ4v) is 1.66. The fraction of sp³-hybridized carbons (Fsp3) is 0.667. The van der Waals surface area contributed by atoms with E-state index in [0.29, 0.717) is 0 Å². The maximum Gasteiger partial charge on any atom is 0.148 e. The molecule has 0 bridgehead atoms. The number of aromatic nitrogens is 2. The van der Waals surface area contributed by atoms with Crippen molar-refractivity contribution in [2.45, 2.75) is 20.0 Å². The van der Waals surface area contributed by atoms with Crippen molar-refractivity contribution >= 4 is 5.82 Å². The number of fused-ring (bicyclic) bond motifs is 1. The van der Waals surface area contributed by atoms with Gasteiger partial charge in [0, 0.05) is 25.7 Å². The summed E-state index contributed by atoms with van der Waals surface area (Å²) in [5.74, 6) is 1.01. The molecule has 0 unspecified atom stereocenters. The van der Waals surface area contributed by atoms with E-state index in [2.05, 4.69) is 40.0 Å². The van der Waals surface area contributed by atoms with Crippen molar-refractivity contribution in [2.75, 3.05) is 25.5 Å². The van der Waals surface area contributed by atoms with Gasteiger partial charge in [-0.15, -0.1) is 0 Å². The number of anilines is 1. The van der Waals surface area contributed by atoms with Crippen LogP contribution in [0.25, 0.3) is 0 Å². The highest BCUT2D eigenvalue weighted by atomic mass is 15.4. The SMILES string of the molecule is CCNc1cc2n(n1)CCN(C)C2. The summed E-state index contributed by atoms with van der Waals surface area (Å²) in [6.45, 7) is 6.15. The van der Waals surface area contributed by atoms with Gasteiger partial charge in [0.15, 0.2) is 0 Å². The van der Waals surface area contributed by atoms with Crippen LogP contribution in [0.4, 0.5) is 5.82 Å². The highest BCUT2D eigenvalue weighted by Crippen LogP contribution is 2.14. The lowest BCUT2D eigenvalue weighted by atomic mass is 10.3. The number of rotatable bonds is 2. The summed E-state index contributed by atoms with van der Waals surface area (Å²) in [6, 6.07) is 2.14. The second kappa shape index (κ2) is 3.38. The van der Waals surface area contributed by atoms with Gasteiger partial charge in [-0.05, 0) is 14.0 Å². The van der Waals surface area contributed by atoms with Gasteiger partial charge in [0.05, 0.1) is 12.2 Å². The van der Waals surface area contributed by atoms with Gasteiger partial charge in [-0.2, -0.15) is 5.10 Å². The first-order valence-electron chi connectivity index (χ1n) is 4.78. The molecule has 72 valence electrons. The highest BCUT2D eigenvalue weighted by molar-refractivity contribution is 5.36. The Bertz CT molecular complexity index is 292. The lowest BCUT2D eigenvalue weighted by molar-refractivity contribution is 0.259. The van der Waals surface area contributed by atoms with Gasteiger partial charge in [-0.25, -0.2) is 0 Å². The van der Waals surface area contributed by atoms with E-state index in [0.717, 1.165) is 32.0 Å². The predicted octanol–water partition coefficient (Wildman–Crippen LogP) is 0.760. The van der Waals surface area contributed by atoms with Crippen LogP contribution in [0.2, 0.25) is 0 Å². The van der Waals surface area contributed by atoms with Crippen LogP contribution in [-0.2, 0) is 13.1 Å². The molecule has 13 heavy (non-hydrogen) atoms. The topological polar surface area (TPSA) is 33.1 Å². The monoisotopic (exact) mass is 180 g/mol. The summed E-state index contributed by atoms with van der Waals surface area (Å²) in [6.07, 6.45) is 0. The first kappa shape index (κ1) is 8.56. The molecule has 0 saturated heterocycles. The molecule has 2 heterocycles. The summed E-state index contributed by atoms with van der Waals surface area (Å²) in [5.41, 5.74) is 1.31. The van der Waals surface area contributed by atoms with Gasteiger partial charge in [0.1, 0.15) is 5.82 Å². The smallest absolute Gasteiger partial charge is 0.148 e. The van der Waals surface area contributed by atoms with E-state index in [-0.39, 0.29) is 0 Å². The molecule has 4 nitrogen and oxygen atoms in total. The average Bonchev–Trinajstić information content (AvgIpc) is 2.46. The molecule has 2 rings (SSSR count). The van der Waals surface area contributed by atoms with Gasteiger partial charge in [-0.1, -0.05) is 0 Å². The van der Waals surface area contributed by atoms with E-state index in [4.69, 9.17) is 0 Å². The maximum atomic E-state index is 4.45. The van der Waals surface area contributed by atoms with Crippen molar-refractivity contribution in [3.8, 4) is 0 Å². The average molecular weight is 180 g/mol. The largest absolute Gasteiger partial charge is 0.369 e. The molecule has 4 heteroatoms. The summed E-state index contributed by atoms with van der Waals surface area (Å²) in [7, 11) is 2.14. The van der Waals surface area contributed by atoms with Gasteiger partial charge < -0.3 is 5.32 Å². The Labute approximate surface area is 78.5 Å². The van der Waals surface area contributed by atoms with E-state index < -0.39 is 0 Å². The molecule has 1 aromatic heterocycles. The molecule has 1 aliphatic rings. The number of nitrogens with one attached hydrogen (secondary N) is 1. The van der Waals surface area contributed by atoms with Gasteiger partial charge in [0.2, 0.25) is 0 Å². The summed E-state index contributed by atoms with van der Waals surface area (Å²) in [4.78, 5) is 2.31. The van der Waals surface area contributed by atoms with Crippen LogP contribution in [0, 0.1) is 0 Å². The van der Waals surface area contributed by atoms with E-state index in [9.17, 15) is 0 Å². The van der Waals surface area contributed by atoms with Crippen LogP contribution in [0.3, 0.4) is 0 Å². The van der Waals surface area contributed by atoms with Crippen LogP contribution in [0.15, 0.2) is 6.07 Å². The number of nitrogens with zero attached hydrogens (tertiary/aromatic N) is 3. The molecular formula is C9H16N4. The minimum Gasteiger partial charge on any atom is -0.369 e. The minimum atomic E-state index is 0.937. The number of likely N-dealkylation sites (N-methyl/N-ethyl adjacent to an activating group) is 1. The molecule has 0 amide bonds. The molecule has 1 N–H and O–H groups in total. The molecule has 1 aromatic rings. The number of hydrogen-bond donors (Lipinski definition) is 1. The van der Waals surface area contributed by atoms with E-state index in [1.54, 1.807) is 0 Å². The second-order valence-electron chi connectivity index (χ2n) is 3.51. The molecular weight excluding hydrogens is 164 g/mol. The van der Waals surface area contributed by atoms with Crippen molar-refractivity contribution in [1.82, 2.24) is 14.7 Å². The Morgan fingerprint density at radius 3 is 3.15 bits per heavy atom. The molecule has 0 atom stereocenters. The molecule has 0 aromatic carbocycles. The Hall–Kier alpha value is -1.03. The second-order valence-corrected chi connectivity index (χ2v) is 3.51. The van der Waals surface area contributed by atoms with E-state index in [1.165, 1.54) is 5.69 Å². The Kier molecular flexibility index (Phi) is 2.22. The predicted molar refractivity (Wildman–Crippen MR) is 52.7 cm³/mol. The molecule has 0 spiro atoms. The molecule has 0 saturated carbocycles. The summed E-state index contributed by atoms with van der Waals surface area (Å²) in [5, 5.41) is 7.68. The van der Waals surface area contributed by atoms with Crippen LogP contribution < -0.4 is 5.32 Å². The Morgan fingerprint density at radius 2 is 2.38 bits per heavy atom. The van der Waals surface area contributed by atoms with Crippen molar-refractivity contribution in [2.24, 2.45) is 0 Å². The third-order valence-corrected chi connectivity index (χ3v) is 2.35. The zero-order valence-corrected chi connectivity index (χ0v) is 8.25. The van der Waals surface area contributed by atoms with Gasteiger partial charge in [0.25, 0.3) is 0 Å². The minimum absolute atomic E-state index is 0.937. The zero-order chi connectivity index (χ0) is 9.26. The highest BCUT2D eigenvalue weighted by Gasteiger charge is 2.14. The third kappa shape index (κ3) is 1.67. The quantitative estimate of drug-likeness (QED) is 0.729. The first-order valence-corrected chi connectivity index (χ1v) is 4.78. The van der Waals surface area contributed by atoms with Crippen molar-refractivity contribution < 1.29 is 0 Å². The third-order valence-electron chi connectivity index (χ3n) is 2.35. The molecule has 1 aliphatic heterocycles.